The van der Waals surface area contributed by atoms with Crippen molar-refractivity contribution in [2.75, 3.05) is 0 Å². The molecule has 0 aliphatic rings. The number of imidazole rings is 1. The van der Waals surface area contributed by atoms with E-state index >= 15 is 0 Å². The molecule has 3 aromatic rings. The Hall–Kier alpha value is -2.13. The second-order valence-corrected chi connectivity index (χ2v) is 4.91. The molecular weight excluding hydrogens is 234 g/mol. The summed E-state index contributed by atoms with van der Waals surface area (Å²) in [5.41, 5.74) is 12.5. The molecule has 0 spiro atoms. The topological polar surface area (TPSA) is 43.3 Å². The van der Waals surface area contributed by atoms with Gasteiger partial charge in [0.15, 0.2) is 0 Å². The molecule has 3 nitrogen and oxygen atoms in total. The van der Waals surface area contributed by atoms with Crippen LogP contribution in [0.25, 0.3) is 16.9 Å². The lowest BCUT2D eigenvalue weighted by atomic mass is 10.1. The Morgan fingerprint density at radius 3 is 2.37 bits per heavy atom. The Bertz CT molecular complexity index is 724. The second kappa shape index (κ2) is 4.52. The molecule has 0 amide bonds. The highest BCUT2D eigenvalue weighted by Gasteiger charge is 2.12. The van der Waals surface area contributed by atoms with Gasteiger partial charge in [0.1, 0.15) is 5.65 Å². The number of hydrogen-bond donors (Lipinski definition) is 1. The molecule has 2 aromatic heterocycles. The smallest absolute Gasteiger partial charge is 0.137 e. The van der Waals surface area contributed by atoms with Crippen molar-refractivity contribution in [3.05, 3.63) is 59.4 Å². The zero-order chi connectivity index (χ0) is 13.4. The van der Waals surface area contributed by atoms with Crippen LogP contribution >= 0.6 is 0 Å². The van der Waals surface area contributed by atoms with E-state index in [2.05, 4.69) is 54.8 Å². The second-order valence-electron chi connectivity index (χ2n) is 4.91. The van der Waals surface area contributed by atoms with E-state index in [1.165, 1.54) is 11.1 Å². The van der Waals surface area contributed by atoms with Crippen LogP contribution < -0.4 is 5.73 Å². The van der Waals surface area contributed by atoms with Crippen LogP contribution in [0.15, 0.2) is 42.6 Å². The first-order chi connectivity index (χ1) is 9.19. The summed E-state index contributed by atoms with van der Waals surface area (Å²) in [5.74, 6) is 0. The van der Waals surface area contributed by atoms with E-state index in [1.807, 2.05) is 6.07 Å². The Morgan fingerprint density at radius 2 is 1.68 bits per heavy atom. The summed E-state index contributed by atoms with van der Waals surface area (Å²) < 4.78 is 2.09. The van der Waals surface area contributed by atoms with Crippen molar-refractivity contribution < 1.29 is 0 Å². The highest BCUT2D eigenvalue weighted by atomic mass is 15.0. The molecule has 2 N–H and O–H groups in total. The van der Waals surface area contributed by atoms with Crippen molar-refractivity contribution in [1.82, 2.24) is 9.38 Å². The Kier molecular flexibility index (Phi) is 2.84. The van der Waals surface area contributed by atoms with Crippen molar-refractivity contribution in [2.45, 2.75) is 20.4 Å². The first kappa shape index (κ1) is 11.9. The fourth-order valence-electron chi connectivity index (χ4n) is 2.34. The van der Waals surface area contributed by atoms with Crippen molar-refractivity contribution >= 4 is 5.65 Å². The van der Waals surface area contributed by atoms with Gasteiger partial charge in [-0.25, -0.2) is 4.98 Å². The summed E-state index contributed by atoms with van der Waals surface area (Å²) in [7, 11) is 0. The maximum atomic E-state index is 5.92. The van der Waals surface area contributed by atoms with E-state index < -0.39 is 0 Å². The molecule has 0 bridgehead atoms. The Labute approximate surface area is 112 Å². The molecular formula is C16H17N3. The fraction of sp³-hybridized carbons (Fsp3) is 0.188. The molecule has 3 rings (SSSR count). The monoisotopic (exact) mass is 251 g/mol. The molecule has 0 saturated carbocycles. The minimum atomic E-state index is 0.480. The highest BCUT2D eigenvalue weighted by molar-refractivity contribution is 5.67. The third kappa shape index (κ3) is 2.02. The summed E-state index contributed by atoms with van der Waals surface area (Å²) in [6.07, 6.45) is 2.09. The molecule has 19 heavy (non-hydrogen) atoms. The number of aromatic nitrogens is 2. The van der Waals surface area contributed by atoms with E-state index in [-0.39, 0.29) is 0 Å². The summed E-state index contributed by atoms with van der Waals surface area (Å²) in [6.45, 7) is 4.64. The van der Waals surface area contributed by atoms with Gasteiger partial charge in [-0.1, -0.05) is 35.9 Å². The van der Waals surface area contributed by atoms with E-state index in [1.54, 1.807) is 0 Å². The molecule has 1 aromatic carbocycles. The third-order valence-electron chi connectivity index (χ3n) is 3.38. The summed E-state index contributed by atoms with van der Waals surface area (Å²) in [5, 5.41) is 0. The van der Waals surface area contributed by atoms with Crippen LogP contribution in [0.3, 0.4) is 0 Å². The van der Waals surface area contributed by atoms with Crippen LogP contribution in [0.1, 0.15) is 16.8 Å². The van der Waals surface area contributed by atoms with E-state index in [9.17, 15) is 0 Å². The van der Waals surface area contributed by atoms with Gasteiger partial charge in [0, 0.05) is 18.3 Å². The van der Waals surface area contributed by atoms with Crippen LogP contribution in [-0.4, -0.2) is 9.38 Å². The molecule has 96 valence electrons. The molecule has 0 aliphatic heterocycles. The van der Waals surface area contributed by atoms with E-state index in [4.69, 9.17) is 10.7 Å². The Balaban J connectivity index is 2.25. The minimum Gasteiger partial charge on any atom is -0.325 e. The van der Waals surface area contributed by atoms with Crippen LogP contribution in [0.5, 0.6) is 0 Å². The number of aryl methyl sites for hydroxylation is 2. The predicted octanol–water partition coefficient (Wildman–Crippen LogP) is 3.08. The van der Waals surface area contributed by atoms with Gasteiger partial charge in [-0.05, 0) is 25.5 Å². The van der Waals surface area contributed by atoms with Crippen LogP contribution in [-0.2, 0) is 6.54 Å². The number of hydrogen-bond acceptors (Lipinski definition) is 2. The normalized spacial score (nSPS) is 11.1. The minimum absolute atomic E-state index is 0.480. The number of fused-ring (bicyclic) bond motifs is 1. The van der Waals surface area contributed by atoms with Crippen molar-refractivity contribution in [1.29, 1.82) is 0 Å². The summed E-state index contributed by atoms with van der Waals surface area (Å²) >= 11 is 0. The molecule has 0 radical (unpaired) electrons. The molecule has 0 unspecified atom stereocenters. The maximum Gasteiger partial charge on any atom is 0.137 e. The molecule has 0 fully saturated rings. The highest BCUT2D eigenvalue weighted by Crippen LogP contribution is 2.24. The lowest BCUT2D eigenvalue weighted by Crippen LogP contribution is -2.02. The average Bonchev–Trinajstić information content (AvgIpc) is 2.77. The SMILES string of the molecule is Cc1ccc(-c2nc3ccc(C)cn3c2CN)cc1. The molecule has 0 aliphatic carbocycles. The van der Waals surface area contributed by atoms with Crippen molar-refractivity contribution in [3.8, 4) is 11.3 Å². The van der Waals surface area contributed by atoms with Crippen molar-refractivity contribution in [3.63, 3.8) is 0 Å². The number of nitrogens with zero attached hydrogens (tertiary/aromatic N) is 2. The van der Waals surface area contributed by atoms with Crippen molar-refractivity contribution in [2.24, 2.45) is 5.73 Å². The standard InChI is InChI=1S/C16H17N3/c1-11-3-6-13(7-4-11)16-14(9-17)19-10-12(2)5-8-15(19)18-16/h3-8,10H,9,17H2,1-2H3. The molecule has 3 heteroatoms. The zero-order valence-corrected chi connectivity index (χ0v) is 11.2. The third-order valence-corrected chi connectivity index (χ3v) is 3.38. The van der Waals surface area contributed by atoms with Gasteiger partial charge >= 0.3 is 0 Å². The van der Waals surface area contributed by atoms with Gasteiger partial charge in [0.2, 0.25) is 0 Å². The largest absolute Gasteiger partial charge is 0.325 e. The first-order valence-electron chi connectivity index (χ1n) is 6.44. The fourth-order valence-corrected chi connectivity index (χ4v) is 2.34. The van der Waals surface area contributed by atoms with Gasteiger partial charge in [0.25, 0.3) is 0 Å². The molecule has 0 atom stereocenters. The van der Waals surface area contributed by atoms with Gasteiger partial charge in [0.05, 0.1) is 11.4 Å². The number of nitrogens with two attached hydrogens (primary N) is 1. The van der Waals surface area contributed by atoms with Crippen LogP contribution in [0, 0.1) is 13.8 Å². The number of rotatable bonds is 2. The average molecular weight is 251 g/mol. The van der Waals surface area contributed by atoms with Gasteiger partial charge in [-0.3, -0.25) is 0 Å². The van der Waals surface area contributed by atoms with E-state index in [0.717, 1.165) is 22.6 Å². The van der Waals surface area contributed by atoms with E-state index in [0.29, 0.717) is 6.54 Å². The summed E-state index contributed by atoms with van der Waals surface area (Å²) in [6, 6.07) is 12.5. The number of benzene rings is 1. The predicted molar refractivity (Wildman–Crippen MR) is 78.0 cm³/mol. The lowest BCUT2D eigenvalue weighted by Gasteiger charge is -2.03. The molecule has 0 saturated heterocycles. The first-order valence-corrected chi connectivity index (χ1v) is 6.44. The maximum absolute atomic E-state index is 5.92. The lowest BCUT2D eigenvalue weighted by molar-refractivity contribution is 0.957. The van der Waals surface area contributed by atoms with Gasteiger partial charge in [-0.15, -0.1) is 0 Å². The quantitative estimate of drug-likeness (QED) is 0.760. The number of pyridine rings is 1. The Morgan fingerprint density at radius 1 is 1.00 bits per heavy atom. The zero-order valence-electron chi connectivity index (χ0n) is 11.2. The van der Waals surface area contributed by atoms with Crippen LogP contribution in [0.2, 0.25) is 0 Å². The molecule has 2 heterocycles. The van der Waals surface area contributed by atoms with Crippen LogP contribution in [0.4, 0.5) is 0 Å². The van der Waals surface area contributed by atoms with Gasteiger partial charge < -0.3 is 10.1 Å². The summed E-state index contributed by atoms with van der Waals surface area (Å²) in [4.78, 5) is 4.71. The van der Waals surface area contributed by atoms with Gasteiger partial charge in [-0.2, -0.15) is 0 Å².